The first kappa shape index (κ1) is 23.5. The SMILES string of the molecule is C=CCOC(=O)C1=C(C)N=C2SC=C(CC(=O)NCc3ccccn3)N2[C@@H]1c1cccc(C)c1. The summed E-state index contributed by atoms with van der Waals surface area (Å²) in [4.78, 5) is 36.8. The first-order valence-corrected chi connectivity index (χ1v) is 11.8. The van der Waals surface area contributed by atoms with E-state index in [-0.39, 0.29) is 18.9 Å². The van der Waals surface area contributed by atoms with Gasteiger partial charge in [0, 0.05) is 11.9 Å². The van der Waals surface area contributed by atoms with Crippen LogP contribution in [0.5, 0.6) is 0 Å². The van der Waals surface area contributed by atoms with Crippen LogP contribution in [-0.2, 0) is 20.9 Å². The lowest BCUT2D eigenvalue weighted by Gasteiger charge is -2.36. The van der Waals surface area contributed by atoms with Gasteiger partial charge in [0.05, 0.1) is 36.0 Å². The summed E-state index contributed by atoms with van der Waals surface area (Å²) >= 11 is 1.45. The average Bonchev–Trinajstić information content (AvgIpc) is 3.22. The van der Waals surface area contributed by atoms with Crippen LogP contribution in [0.25, 0.3) is 0 Å². The summed E-state index contributed by atoms with van der Waals surface area (Å²) in [6.45, 7) is 7.91. The maximum Gasteiger partial charge on any atom is 0.338 e. The number of aromatic nitrogens is 1. The molecule has 34 heavy (non-hydrogen) atoms. The van der Waals surface area contributed by atoms with Gasteiger partial charge in [0.25, 0.3) is 0 Å². The molecule has 2 aliphatic rings. The summed E-state index contributed by atoms with van der Waals surface area (Å²) in [5.74, 6) is -0.577. The minimum atomic E-state index is -0.449. The van der Waals surface area contributed by atoms with Crippen molar-refractivity contribution in [3.05, 3.63) is 101 Å². The van der Waals surface area contributed by atoms with E-state index < -0.39 is 12.0 Å². The van der Waals surface area contributed by atoms with Crippen molar-refractivity contribution < 1.29 is 14.3 Å². The van der Waals surface area contributed by atoms with Crippen molar-refractivity contribution >= 4 is 28.8 Å². The largest absolute Gasteiger partial charge is 0.458 e. The predicted molar refractivity (Wildman–Crippen MR) is 133 cm³/mol. The van der Waals surface area contributed by atoms with Crippen LogP contribution >= 0.6 is 11.8 Å². The number of esters is 1. The summed E-state index contributed by atoms with van der Waals surface area (Å²) in [6, 6.07) is 13.1. The van der Waals surface area contributed by atoms with Crippen molar-refractivity contribution in [2.75, 3.05) is 6.61 Å². The highest BCUT2D eigenvalue weighted by Gasteiger charge is 2.41. The van der Waals surface area contributed by atoms with Crippen molar-refractivity contribution in [1.29, 1.82) is 0 Å². The Labute approximate surface area is 203 Å². The number of pyridine rings is 1. The number of ether oxygens (including phenoxy) is 1. The number of aliphatic imine (C=N–C) groups is 1. The van der Waals surface area contributed by atoms with Gasteiger partial charge in [-0.2, -0.15) is 0 Å². The maximum atomic E-state index is 13.1. The fourth-order valence-corrected chi connectivity index (χ4v) is 4.88. The van der Waals surface area contributed by atoms with Gasteiger partial charge in [-0.1, -0.05) is 60.3 Å². The monoisotopic (exact) mass is 474 g/mol. The first-order chi connectivity index (χ1) is 16.5. The zero-order valence-corrected chi connectivity index (χ0v) is 20.0. The molecule has 1 atom stereocenters. The summed E-state index contributed by atoms with van der Waals surface area (Å²) in [5.41, 5.74) is 4.62. The molecule has 0 saturated carbocycles. The second-order valence-electron chi connectivity index (χ2n) is 7.97. The van der Waals surface area contributed by atoms with Crippen LogP contribution in [-0.4, -0.2) is 33.5 Å². The fraction of sp³-hybridized carbons (Fsp3) is 0.231. The van der Waals surface area contributed by atoms with Gasteiger partial charge in [0.15, 0.2) is 5.17 Å². The fourth-order valence-electron chi connectivity index (χ4n) is 3.92. The molecule has 1 amide bonds. The molecule has 3 heterocycles. The molecular weight excluding hydrogens is 448 g/mol. The average molecular weight is 475 g/mol. The molecule has 2 aromatic rings. The number of fused-ring (bicyclic) bond motifs is 1. The molecule has 1 N–H and O–H groups in total. The minimum absolute atomic E-state index is 0.111. The molecule has 2 aliphatic heterocycles. The topological polar surface area (TPSA) is 83.9 Å². The number of amidine groups is 1. The van der Waals surface area contributed by atoms with Crippen LogP contribution in [0.15, 0.2) is 88.7 Å². The van der Waals surface area contributed by atoms with Crippen LogP contribution in [0.1, 0.15) is 36.2 Å². The number of thioether (sulfide) groups is 1. The summed E-state index contributed by atoms with van der Waals surface area (Å²) in [5, 5.41) is 5.58. The lowest BCUT2D eigenvalue weighted by atomic mass is 9.93. The second-order valence-corrected chi connectivity index (χ2v) is 8.81. The molecule has 174 valence electrons. The highest BCUT2D eigenvalue weighted by molar-refractivity contribution is 8.16. The number of nitrogens with one attached hydrogen (secondary N) is 1. The Morgan fingerprint density at radius 2 is 2.09 bits per heavy atom. The molecule has 1 aromatic carbocycles. The third kappa shape index (κ3) is 5.12. The zero-order chi connectivity index (χ0) is 24.1. The lowest BCUT2D eigenvalue weighted by Crippen LogP contribution is -2.38. The van der Waals surface area contributed by atoms with Crippen molar-refractivity contribution in [2.45, 2.75) is 32.9 Å². The molecule has 8 heteroatoms. The highest BCUT2D eigenvalue weighted by Crippen LogP contribution is 2.44. The van der Waals surface area contributed by atoms with Gasteiger partial charge < -0.3 is 15.0 Å². The molecule has 0 aliphatic carbocycles. The van der Waals surface area contributed by atoms with Crippen LogP contribution in [0.4, 0.5) is 0 Å². The van der Waals surface area contributed by atoms with Crippen LogP contribution < -0.4 is 5.32 Å². The lowest BCUT2D eigenvalue weighted by molar-refractivity contribution is -0.138. The quantitative estimate of drug-likeness (QED) is 0.451. The van der Waals surface area contributed by atoms with Gasteiger partial charge in [-0.25, -0.2) is 9.79 Å². The van der Waals surface area contributed by atoms with E-state index in [0.717, 1.165) is 27.7 Å². The zero-order valence-electron chi connectivity index (χ0n) is 19.2. The van der Waals surface area contributed by atoms with E-state index in [9.17, 15) is 9.59 Å². The third-order valence-electron chi connectivity index (χ3n) is 5.45. The molecular formula is C26H26N4O3S. The van der Waals surface area contributed by atoms with Crippen molar-refractivity contribution in [1.82, 2.24) is 15.2 Å². The van der Waals surface area contributed by atoms with E-state index in [1.54, 1.807) is 6.20 Å². The molecule has 4 rings (SSSR count). The van der Waals surface area contributed by atoms with E-state index in [0.29, 0.717) is 17.8 Å². The summed E-state index contributed by atoms with van der Waals surface area (Å²) < 4.78 is 5.41. The number of rotatable bonds is 8. The van der Waals surface area contributed by atoms with Gasteiger partial charge in [0.2, 0.25) is 5.91 Å². The normalized spacial score (nSPS) is 17.0. The smallest absolute Gasteiger partial charge is 0.338 e. The van der Waals surface area contributed by atoms with Crippen molar-refractivity contribution in [2.24, 2.45) is 4.99 Å². The Morgan fingerprint density at radius 1 is 1.24 bits per heavy atom. The van der Waals surface area contributed by atoms with Gasteiger partial charge >= 0.3 is 5.97 Å². The number of carbonyl (C=O) groups is 2. The minimum Gasteiger partial charge on any atom is -0.458 e. The number of carbonyl (C=O) groups excluding carboxylic acids is 2. The van der Waals surface area contributed by atoms with Gasteiger partial charge in [-0.05, 0) is 37.0 Å². The summed E-state index contributed by atoms with van der Waals surface area (Å²) in [6.07, 6.45) is 3.38. The molecule has 0 unspecified atom stereocenters. The molecule has 0 bridgehead atoms. The highest BCUT2D eigenvalue weighted by atomic mass is 32.2. The van der Waals surface area contributed by atoms with E-state index in [2.05, 4.69) is 21.9 Å². The number of nitrogens with zero attached hydrogens (tertiary/aromatic N) is 3. The van der Waals surface area contributed by atoms with Crippen LogP contribution in [0.3, 0.4) is 0 Å². The van der Waals surface area contributed by atoms with Gasteiger partial charge in [-0.3, -0.25) is 9.78 Å². The molecule has 1 aromatic heterocycles. The van der Waals surface area contributed by atoms with Crippen LogP contribution in [0, 0.1) is 6.92 Å². The van der Waals surface area contributed by atoms with E-state index in [4.69, 9.17) is 4.74 Å². The van der Waals surface area contributed by atoms with E-state index >= 15 is 0 Å². The molecule has 0 spiro atoms. The number of hydrogen-bond donors (Lipinski definition) is 1. The number of aryl methyl sites for hydroxylation is 1. The standard InChI is InChI=1S/C26H26N4O3S/c1-4-12-33-25(32)23-18(3)29-26-30(24(23)19-9-7-8-17(2)13-19)21(16-34-26)14-22(31)28-15-20-10-5-6-11-27-20/h4-11,13,16,24H,1,12,14-15H2,2-3H3,(H,28,31)/t24-/m1/s1. The van der Waals surface area contributed by atoms with Gasteiger partial charge in [0.1, 0.15) is 6.61 Å². The van der Waals surface area contributed by atoms with Crippen molar-refractivity contribution in [3.63, 3.8) is 0 Å². The van der Waals surface area contributed by atoms with Crippen molar-refractivity contribution in [3.8, 4) is 0 Å². The molecule has 0 saturated heterocycles. The Kier molecular flexibility index (Phi) is 7.27. The third-order valence-corrected chi connectivity index (χ3v) is 6.33. The Balaban J connectivity index is 1.61. The Hall–Kier alpha value is -3.65. The molecule has 0 fully saturated rings. The predicted octanol–water partition coefficient (Wildman–Crippen LogP) is 4.40. The molecule has 0 radical (unpaired) electrons. The van der Waals surface area contributed by atoms with E-state index in [1.807, 2.05) is 66.6 Å². The number of hydrogen-bond acceptors (Lipinski definition) is 7. The Morgan fingerprint density at radius 3 is 2.82 bits per heavy atom. The molecule has 7 nitrogen and oxygen atoms in total. The number of allylic oxidation sites excluding steroid dienone is 1. The first-order valence-electron chi connectivity index (χ1n) is 10.9. The van der Waals surface area contributed by atoms with Crippen LogP contribution in [0.2, 0.25) is 0 Å². The number of amides is 1. The second kappa shape index (κ2) is 10.5. The number of benzene rings is 1. The van der Waals surface area contributed by atoms with E-state index in [1.165, 1.54) is 17.8 Å². The van der Waals surface area contributed by atoms with Gasteiger partial charge in [-0.15, -0.1) is 0 Å². The maximum absolute atomic E-state index is 13.1. The Bertz CT molecular complexity index is 1200. The summed E-state index contributed by atoms with van der Waals surface area (Å²) in [7, 11) is 0.